The molecule has 3 aromatic heterocycles. The second kappa shape index (κ2) is 6.50. The van der Waals surface area contributed by atoms with Crippen LogP contribution in [0.15, 0.2) is 35.2 Å². The van der Waals surface area contributed by atoms with Gasteiger partial charge in [0.1, 0.15) is 17.8 Å². The number of carbonyl (C=O) groups is 1. The van der Waals surface area contributed by atoms with E-state index in [4.69, 9.17) is 14.9 Å². The molecule has 9 heteroatoms. The number of aryl methyl sites for hydroxylation is 1. The Labute approximate surface area is 137 Å². The van der Waals surface area contributed by atoms with Gasteiger partial charge in [0.05, 0.1) is 12.3 Å². The number of carbonyl (C=O) groups excluding carboxylic acids is 1. The molecule has 3 heterocycles. The molecule has 0 saturated carbocycles. The van der Waals surface area contributed by atoms with Crippen LogP contribution >= 0.6 is 0 Å². The molecular formula is C15H16N6O3. The van der Waals surface area contributed by atoms with Crippen LogP contribution in [-0.4, -0.2) is 32.8 Å². The van der Waals surface area contributed by atoms with Crippen molar-refractivity contribution < 1.29 is 13.9 Å². The smallest absolute Gasteiger partial charge is 0.277 e. The molecule has 0 aromatic carbocycles. The molecule has 9 nitrogen and oxygen atoms in total. The second-order valence-electron chi connectivity index (χ2n) is 5.06. The van der Waals surface area contributed by atoms with E-state index in [1.54, 1.807) is 43.4 Å². The first-order valence-electron chi connectivity index (χ1n) is 7.07. The van der Waals surface area contributed by atoms with Crippen molar-refractivity contribution in [2.75, 3.05) is 18.2 Å². The van der Waals surface area contributed by atoms with Crippen LogP contribution in [0.5, 0.6) is 0 Å². The van der Waals surface area contributed by atoms with Crippen LogP contribution in [0.25, 0.3) is 11.5 Å². The summed E-state index contributed by atoms with van der Waals surface area (Å²) in [5.74, 6) is 0.228. The Morgan fingerprint density at radius 2 is 2.33 bits per heavy atom. The second-order valence-corrected chi connectivity index (χ2v) is 5.06. The van der Waals surface area contributed by atoms with Gasteiger partial charge in [0.15, 0.2) is 5.69 Å². The lowest BCUT2D eigenvalue weighted by molar-refractivity contribution is 0.102. The molecule has 3 N–H and O–H groups in total. The summed E-state index contributed by atoms with van der Waals surface area (Å²) >= 11 is 0. The van der Waals surface area contributed by atoms with Crippen molar-refractivity contribution in [3.63, 3.8) is 0 Å². The van der Waals surface area contributed by atoms with Gasteiger partial charge in [-0.15, -0.1) is 0 Å². The fraction of sp³-hybridized carbons (Fsp3) is 0.200. The summed E-state index contributed by atoms with van der Waals surface area (Å²) in [6.07, 6.45) is 4.52. The third kappa shape index (κ3) is 3.25. The highest BCUT2D eigenvalue weighted by Gasteiger charge is 2.17. The van der Waals surface area contributed by atoms with Crippen LogP contribution in [-0.2, 0) is 18.4 Å². The first kappa shape index (κ1) is 15.7. The van der Waals surface area contributed by atoms with Crippen LogP contribution < -0.4 is 11.1 Å². The number of hydrogen-bond acceptors (Lipinski definition) is 7. The molecule has 0 aliphatic heterocycles. The van der Waals surface area contributed by atoms with Crippen LogP contribution in [0.2, 0.25) is 0 Å². The van der Waals surface area contributed by atoms with Crippen LogP contribution in [0, 0.1) is 0 Å². The highest BCUT2D eigenvalue weighted by atomic mass is 16.5. The number of nitrogen functional groups attached to an aromatic ring is 1. The number of aromatic nitrogens is 4. The number of ether oxygens (including phenoxy) is 1. The standard InChI is InChI=1S/C15H16N6O3/c1-21-6-10(11(20-21)7-23-2)18-14(22)12-8-24-15(19-12)9-3-4-17-13(16)5-9/h3-6,8H,7H2,1-2H3,(H2,16,17)(H,18,22). The number of methoxy groups -OCH3 is 1. The molecule has 24 heavy (non-hydrogen) atoms. The van der Waals surface area contributed by atoms with Gasteiger partial charge < -0.3 is 20.2 Å². The molecule has 0 unspecified atom stereocenters. The van der Waals surface area contributed by atoms with E-state index in [1.807, 2.05) is 0 Å². The number of amides is 1. The molecule has 0 aliphatic rings. The van der Waals surface area contributed by atoms with Crippen LogP contribution in [0.4, 0.5) is 11.5 Å². The summed E-state index contributed by atoms with van der Waals surface area (Å²) in [7, 11) is 3.32. The van der Waals surface area contributed by atoms with E-state index < -0.39 is 5.91 Å². The zero-order valence-electron chi connectivity index (χ0n) is 13.2. The number of nitrogens with one attached hydrogen (secondary N) is 1. The Morgan fingerprint density at radius 1 is 1.50 bits per heavy atom. The van der Waals surface area contributed by atoms with Gasteiger partial charge in [-0.1, -0.05) is 0 Å². The van der Waals surface area contributed by atoms with Crippen molar-refractivity contribution in [3.8, 4) is 11.5 Å². The van der Waals surface area contributed by atoms with Gasteiger partial charge in [0.25, 0.3) is 5.91 Å². The summed E-state index contributed by atoms with van der Waals surface area (Å²) in [5, 5.41) is 6.97. The average molecular weight is 328 g/mol. The summed E-state index contributed by atoms with van der Waals surface area (Å²) in [6, 6.07) is 3.31. The molecule has 0 fully saturated rings. The molecule has 0 spiro atoms. The Bertz CT molecular complexity index is 870. The lowest BCUT2D eigenvalue weighted by Crippen LogP contribution is -2.13. The minimum Gasteiger partial charge on any atom is -0.444 e. The predicted molar refractivity (Wildman–Crippen MR) is 86.0 cm³/mol. The number of anilines is 2. The Kier molecular flexibility index (Phi) is 4.25. The maximum atomic E-state index is 12.3. The average Bonchev–Trinajstić information content (AvgIpc) is 3.15. The zero-order valence-corrected chi connectivity index (χ0v) is 13.2. The van der Waals surface area contributed by atoms with E-state index in [0.717, 1.165) is 0 Å². The maximum Gasteiger partial charge on any atom is 0.277 e. The molecule has 3 aromatic rings. The van der Waals surface area contributed by atoms with E-state index >= 15 is 0 Å². The highest BCUT2D eigenvalue weighted by molar-refractivity contribution is 6.03. The van der Waals surface area contributed by atoms with Crippen molar-refractivity contribution >= 4 is 17.4 Å². The van der Waals surface area contributed by atoms with Gasteiger partial charge in [-0.05, 0) is 12.1 Å². The minimum atomic E-state index is -0.405. The van der Waals surface area contributed by atoms with E-state index in [9.17, 15) is 4.79 Å². The van der Waals surface area contributed by atoms with E-state index in [2.05, 4.69) is 20.4 Å². The SMILES string of the molecule is COCc1nn(C)cc1NC(=O)c1coc(-c2ccnc(N)c2)n1. The third-order valence-electron chi connectivity index (χ3n) is 3.20. The quantitative estimate of drug-likeness (QED) is 0.727. The Balaban J connectivity index is 1.79. The minimum absolute atomic E-state index is 0.146. The summed E-state index contributed by atoms with van der Waals surface area (Å²) in [4.78, 5) is 20.4. The number of pyridine rings is 1. The number of oxazole rings is 1. The topological polar surface area (TPSA) is 121 Å². The fourth-order valence-corrected chi connectivity index (χ4v) is 2.16. The number of nitrogens with two attached hydrogens (primary N) is 1. The molecule has 0 bridgehead atoms. The predicted octanol–water partition coefficient (Wildman–Crippen LogP) is 1.45. The molecule has 124 valence electrons. The van der Waals surface area contributed by atoms with Crippen molar-refractivity contribution in [1.82, 2.24) is 19.7 Å². The fourth-order valence-electron chi connectivity index (χ4n) is 2.16. The molecule has 0 aliphatic carbocycles. The van der Waals surface area contributed by atoms with Crippen LogP contribution in [0.3, 0.4) is 0 Å². The normalized spacial score (nSPS) is 10.8. The third-order valence-corrected chi connectivity index (χ3v) is 3.20. The molecule has 3 rings (SSSR count). The van der Waals surface area contributed by atoms with Crippen LogP contribution in [0.1, 0.15) is 16.2 Å². The van der Waals surface area contributed by atoms with Gasteiger partial charge in [0, 0.05) is 32.1 Å². The van der Waals surface area contributed by atoms with Crippen molar-refractivity contribution in [2.24, 2.45) is 7.05 Å². The van der Waals surface area contributed by atoms with E-state index in [0.29, 0.717) is 22.8 Å². The maximum absolute atomic E-state index is 12.3. The van der Waals surface area contributed by atoms with E-state index in [1.165, 1.54) is 6.26 Å². The van der Waals surface area contributed by atoms with Gasteiger partial charge in [0.2, 0.25) is 5.89 Å². The lowest BCUT2D eigenvalue weighted by atomic mass is 10.2. The first-order valence-corrected chi connectivity index (χ1v) is 7.07. The molecule has 1 amide bonds. The monoisotopic (exact) mass is 328 g/mol. The number of nitrogens with zero attached hydrogens (tertiary/aromatic N) is 4. The summed E-state index contributed by atoms with van der Waals surface area (Å²) in [6.45, 7) is 0.289. The van der Waals surface area contributed by atoms with Crippen molar-refractivity contribution in [3.05, 3.63) is 42.2 Å². The zero-order chi connectivity index (χ0) is 17.1. The van der Waals surface area contributed by atoms with Gasteiger partial charge in [-0.3, -0.25) is 9.48 Å². The van der Waals surface area contributed by atoms with E-state index in [-0.39, 0.29) is 18.2 Å². The summed E-state index contributed by atoms with van der Waals surface area (Å²) in [5.41, 5.74) is 7.60. The van der Waals surface area contributed by atoms with Gasteiger partial charge in [-0.2, -0.15) is 5.10 Å². The molecule has 0 radical (unpaired) electrons. The molecular weight excluding hydrogens is 312 g/mol. The summed E-state index contributed by atoms with van der Waals surface area (Å²) < 4.78 is 12.0. The Morgan fingerprint density at radius 3 is 3.08 bits per heavy atom. The molecule has 0 saturated heterocycles. The van der Waals surface area contributed by atoms with Gasteiger partial charge >= 0.3 is 0 Å². The Hall–Kier alpha value is -3.20. The largest absolute Gasteiger partial charge is 0.444 e. The highest BCUT2D eigenvalue weighted by Crippen LogP contribution is 2.21. The van der Waals surface area contributed by atoms with Crippen molar-refractivity contribution in [2.45, 2.75) is 6.61 Å². The lowest BCUT2D eigenvalue weighted by Gasteiger charge is -2.02. The first-order chi connectivity index (χ1) is 11.6. The van der Waals surface area contributed by atoms with Gasteiger partial charge in [-0.25, -0.2) is 9.97 Å². The molecule has 0 atom stereocenters. The number of hydrogen-bond donors (Lipinski definition) is 2. The van der Waals surface area contributed by atoms with Crippen molar-refractivity contribution in [1.29, 1.82) is 0 Å². The number of rotatable bonds is 5.